The summed E-state index contributed by atoms with van der Waals surface area (Å²) in [5.41, 5.74) is 1.81. The van der Waals surface area contributed by atoms with Crippen molar-refractivity contribution in [3.63, 3.8) is 0 Å². The molecule has 0 fully saturated rings. The monoisotopic (exact) mass is 313 g/mol. The largest absolute Gasteiger partial charge is 0.362 e. The van der Waals surface area contributed by atoms with Crippen LogP contribution in [0.15, 0.2) is 22.8 Å². The van der Waals surface area contributed by atoms with Crippen molar-refractivity contribution in [2.24, 2.45) is 0 Å². The molecule has 3 nitrogen and oxygen atoms in total. The van der Waals surface area contributed by atoms with Crippen LogP contribution in [-0.2, 0) is 5.33 Å². The summed E-state index contributed by atoms with van der Waals surface area (Å²) in [4.78, 5) is 7.60. The molecule has 0 aliphatic rings. The molecule has 0 aliphatic carbocycles. The number of pyridine rings is 1. The lowest BCUT2D eigenvalue weighted by atomic mass is 10.4. The fraction of sp³-hybridized carbons (Fsp3) is 0.111. The van der Waals surface area contributed by atoms with Gasteiger partial charge in [-0.05, 0) is 28.1 Å². The van der Waals surface area contributed by atoms with E-state index in [0.717, 1.165) is 15.8 Å². The van der Waals surface area contributed by atoms with Gasteiger partial charge >= 0.3 is 0 Å². The highest BCUT2D eigenvalue weighted by Crippen LogP contribution is 2.25. The molecular formula is C9H5Br2N3. The number of hydrogen-bond donors (Lipinski definition) is 0. The number of hydrogen-bond acceptors (Lipinski definition) is 1. The fourth-order valence-corrected chi connectivity index (χ4v) is 2.15. The molecule has 0 aromatic carbocycles. The van der Waals surface area contributed by atoms with Crippen LogP contribution in [0.1, 0.15) is 5.69 Å². The molecule has 2 rings (SSSR count). The average molecular weight is 315 g/mol. The Kier molecular flexibility index (Phi) is 2.57. The molecule has 0 unspecified atom stereocenters. The summed E-state index contributed by atoms with van der Waals surface area (Å²) in [6.45, 7) is 7.02. The van der Waals surface area contributed by atoms with Crippen LogP contribution in [0.4, 0.5) is 5.82 Å². The van der Waals surface area contributed by atoms with Crippen molar-refractivity contribution in [1.29, 1.82) is 0 Å². The molecular weight excluding hydrogens is 310 g/mol. The van der Waals surface area contributed by atoms with Crippen molar-refractivity contribution < 1.29 is 0 Å². The van der Waals surface area contributed by atoms with Gasteiger partial charge in [0.25, 0.3) is 5.82 Å². The fourth-order valence-electron chi connectivity index (χ4n) is 1.30. The third-order valence-electron chi connectivity index (χ3n) is 1.92. The lowest BCUT2D eigenvalue weighted by molar-refractivity contribution is 1.09. The molecule has 0 N–H and O–H groups in total. The first-order valence-electron chi connectivity index (χ1n) is 3.86. The van der Waals surface area contributed by atoms with Crippen LogP contribution < -0.4 is 0 Å². The summed E-state index contributed by atoms with van der Waals surface area (Å²) in [6.07, 6.45) is 1.58. The van der Waals surface area contributed by atoms with Gasteiger partial charge in [-0.1, -0.05) is 22.5 Å². The second-order valence-electron chi connectivity index (χ2n) is 2.69. The van der Waals surface area contributed by atoms with Gasteiger partial charge in [0, 0.05) is 0 Å². The summed E-state index contributed by atoms with van der Waals surface area (Å²) < 4.78 is 2.74. The highest BCUT2D eigenvalue weighted by atomic mass is 79.9. The minimum Gasteiger partial charge on any atom is -0.362 e. The van der Waals surface area contributed by atoms with E-state index in [4.69, 9.17) is 6.57 Å². The zero-order valence-electron chi connectivity index (χ0n) is 7.04. The van der Waals surface area contributed by atoms with Gasteiger partial charge < -0.3 is 4.85 Å². The Morgan fingerprint density at radius 3 is 2.93 bits per heavy atom. The second-order valence-corrected chi connectivity index (χ2v) is 4.11. The smallest absolute Gasteiger partial charge is 0.254 e. The summed E-state index contributed by atoms with van der Waals surface area (Å²) >= 11 is 6.79. The number of rotatable bonds is 1. The van der Waals surface area contributed by atoms with Crippen LogP contribution in [0.2, 0.25) is 0 Å². The van der Waals surface area contributed by atoms with Gasteiger partial charge in [0.15, 0.2) is 0 Å². The van der Waals surface area contributed by atoms with E-state index >= 15 is 0 Å². The maximum absolute atomic E-state index is 7.02. The van der Waals surface area contributed by atoms with Gasteiger partial charge in [-0.15, -0.1) is 0 Å². The maximum atomic E-state index is 7.02. The Morgan fingerprint density at radius 2 is 2.29 bits per heavy atom. The van der Waals surface area contributed by atoms with Gasteiger partial charge in [0.1, 0.15) is 5.69 Å². The number of halogens is 2. The van der Waals surface area contributed by atoms with Crippen LogP contribution in [0, 0.1) is 6.57 Å². The maximum Gasteiger partial charge on any atom is 0.254 e. The van der Waals surface area contributed by atoms with E-state index in [2.05, 4.69) is 41.7 Å². The van der Waals surface area contributed by atoms with Crippen molar-refractivity contribution in [2.45, 2.75) is 5.33 Å². The standard InChI is InChI=1S/C9H5Br2N3/c1-12-8-5-13-9-7(11)3-2-6(4-10)14(8)9/h2-3,5H,4H2. The summed E-state index contributed by atoms with van der Waals surface area (Å²) in [7, 11) is 0. The molecule has 70 valence electrons. The van der Waals surface area contributed by atoms with E-state index in [9.17, 15) is 0 Å². The van der Waals surface area contributed by atoms with Gasteiger partial charge in [-0.25, -0.2) is 9.38 Å². The first-order valence-corrected chi connectivity index (χ1v) is 5.77. The number of aromatic nitrogens is 2. The molecule has 5 heteroatoms. The van der Waals surface area contributed by atoms with E-state index in [1.54, 1.807) is 6.20 Å². The highest BCUT2D eigenvalue weighted by molar-refractivity contribution is 9.10. The lowest BCUT2D eigenvalue weighted by Crippen LogP contribution is -1.93. The molecule has 0 atom stereocenters. The van der Waals surface area contributed by atoms with Crippen molar-refractivity contribution >= 4 is 43.3 Å². The molecule has 0 spiro atoms. The molecule has 2 aromatic heterocycles. The van der Waals surface area contributed by atoms with E-state index in [-0.39, 0.29) is 0 Å². The molecule has 0 radical (unpaired) electrons. The number of alkyl halides is 1. The van der Waals surface area contributed by atoms with Crippen LogP contribution in [-0.4, -0.2) is 9.38 Å². The topological polar surface area (TPSA) is 21.7 Å². The molecule has 0 saturated carbocycles. The minimum absolute atomic E-state index is 0.538. The first kappa shape index (κ1) is 9.69. The Hall–Kier alpha value is -0.860. The van der Waals surface area contributed by atoms with Crippen molar-refractivity contribution in [3.05, 3.63) is 39.9 Å². The van der Waals surface area contributed by atoms with Crippen molar-refractivity contribution in [1.82, 2.24) is 9.38 Å². The predicted molar refractivity (Wildman–Crippen MR) is 61.8 cm³/mol. The van der Waals surface area contributed by atoms with Crippen LogP contribution >= 0.6 is 31.9 Å². The van der Waals surface area contributed by atoms with E-state index in [1.165, 1.54) is 0 Å². The van der Waals surface area contributed by atoms with Gasteiger partial charge in [0.05, 0.1) is 16.0 Å². The first-order chi connectivity index (χ1) is 6.77. The average Bonchev–Trinajstić information content (AvgIpc) is 2.63. The van der Waals surface area contributed by atoms with Crippen LogP contribution in [0.25, 0.3) is 10.5 Å². The summed E-state index contributed by atoms with van der Waals surface area (Å²) in [6, 6.07) is 3.90. The third-order valence-corrected chi connectivity index (χ3v) is 3.11. The second kappa shape index (κ2) is 3.71. The Morgan fingerprint density at radius 1 is 1.50 bits per heavy atom. The normalized spacial score (nSPS) is 10.4. The highest BCUT2D eigenvalue weighted by Gasteiger charge is 2.11. The molecule has 2 heterocycles. The van der Waals surface area contributed by atoms with Crippen molar-refractivity contribution in [3.8, 4) is 0 Å². The number of fused-ring (bicyclic) bond motifs is 1. The van der Waals surface area contributed by atoms with E-state index in [0.29, 0.717) is 11.1 Å². The summed E-state index contributed by atoms with van der Waals surface area (Å²) in [5.74, 6) is 0.538. The Bertz CT molecular complexity index is 525. The molecule has 2 aromatic rings. The predicted octanol–water partition coefficient (Wildman–Crippen LogP) is 3.54. The summed E-state index contributed by atoms with van der Waals surface area (Å²) in [5, 5.41) is 0.704. The Labute approximate surface area is 97.8 Å². The molecule has 0 bridgehead atoms. The van der Waals surface area contributed by atoms with Gasteiger partial charge in [-0.3, -0.25) is 0 Å². The van der Waals surface area contributed by atoms with Crippen LogP contribution in [0.5, 0.6) is 0 Å². The lowest BCUT2D eigenvalue weighted by Gasteiger charge is -2.00. The van der Waals surface area contributed by atoms with Gasteiger partial charge in [-0.2, -0.15) is 0 Å². The van der Waals surface area contributed by atoms with Crippen molar-refractivity contribution in [2.75, 3.05) is 0 Å². The number of imidazole rings is 1. The SMILES string of the molecule is [C-]#[N+]c1cnc2c(Br)ccc(CBr)n12. The molecule has 0 amide bonds. The quantitative estimate of drug-likeness (QED) is 0.583. The minimum atomic E-state index is 0.538. The Balaban J connectivity index is 2.90. The number of nitrogens with zero attached hydrogens (tertiary/aromatic N) is 3. The van der Waals surface area contributed by atoms with Gasteiger partial charge in [0.2, 0.25) is 5.65 Å². The molecule has 14 heavy (non-hydrogen) atoms. The molecule has 0 aliphatic heterocycles. The van der Waals surface area contributed by atoms with E-state index in [1.807, 2.05) is 16.5 Å². The third kappa shape index (κ3) is 1.35. The molecule has 0 saturated heterocycles. The van der Waals surface area contributed by atoms with Crippen LogP contribution in [0.3, 0.4) is 0 Å². The zero-order chi connectivity index (χ0) is 10.1. The zero-order valence-corrected chi connectivity index (χ0v) is 10.2. The van der Waals surface area contributed by atoms with E-state index < -0.39 is 0 Å².